The summed E-state index contributed by atoms with van der Waals surface area (Å²) >= 11 is 5.18. The van der Waals surface area contributed by atoms with Gasteiger partial charge in [0.1, 0.15) is 0 Å². The van der Waals surface area contributed by atoms with E-state index in [9.17, 15) is 0 Å². The molecule has 1 nitrogen and oxygen atoms in total. The first-order valence-electron chi connectivity index (χ1n) is 4.00. The number of nitrogens with zero attached hydrogens (tertiary/aromatic N) is 1. The first kappa shape index (κ1) is 10.1. The number of halogens is 1. The monoisotopic (exact) mass is 245 g/mol. The van der Waals surface area contributed by atoms with Crippen LogP contribution in [-0.2, 0) is 0 Å². The Balaban J connectivity index is 2.58. The molecule has 0 amide bonds. The van der Waals surface area contributed by atoms with Crippen LogP contribution in [0.25, 0.3) is 0 Å². The van der Waals surface area contributed by atoms with E-state index in [0.29, 0.717) is 5.25 Å². The summed E-state index contributed by atoms with van der Waals surface area (Å²) in [5.41, 5.74) is 0. The standard InChI is InChI=1S/C9H12BrNS/c1-3-7(2)12-9-5-4-8(10)6-11-9/h4-7H,3H2,1-2H3. The average Bonchev–Trinajstić information content (AvgIpc) is 2.09. The van der Waals surface area contributed by atoms with Crippen molar-refractivity contribution in [1.29, 1.82) is 0 Å². The van der Waals surface area contributed by atoms with Gasteiger partial charge < -0.3 is 0 Å². The van der Waals surface area contributed by atoms with Gasteiger partial charge in [0, 0.05) is 15.9 Å². The number of aromatic nitrogens is 1. The van der Waals surface area contributed by atoms with Crippen LogP contribution in [0.3, 0.4) is 0 Å². The smallest absolute Gasteiger partial charge is 0.0963 e. The minimum atomic E-state index is 0.652. The summed E-state index contributed by atoms with van der Waals surface area (Å²) < 4.78 is 1.04. The van der Waals surface area contributed by atoms with Gasteiger partial charge in [0.2, 0.25) is 0 Å². The van der Waals surface area contributed by atoms with Gasteiger partial charge in [0.15, 0.2) is 0 Å². The molecule has 0 aliphatic heterocycles. The summed E-state index contributed by atoms with van der Waals surface area (Å²) in [5, 5.41) is 1.76. The quantitative estimate of drug-likeness (QED) is 0.753. The summed E-state index contributed by atoms with van der Waals surface area (Å²) in [4.78, 5) is 4.28. The summed E-state index contributed by atoms with van der Waals surface area (Å²) in [6.07, 6.45) is 3.02. The molecule has 1 rings (SSSR count). The van der Waals surface area contributed by atoms with E-state index in [4.69, 9.17) is 0 Å². The third kappa shape index (κ3) is 3.15. The third-order valence-corrected chi connectivity index (χ3v) is 3.28. The van der Waals surface area contributed by atoms with E-state index in [1.165, 1.54) is 6.42 Å². The Hall–Kier alpha value is -0.0200. The van der Waals surface area contributed by atoms with Crippen LogP contribution in [0, 0.1) is 0 Å². The Labute approximate surface area is 86.1 Å². The molecule has 1 atom stereocenters. The molecule has 0 aliphatic rings. The summed E-state index contributed by atoms with van der Waals surface area (Å²) in [5.74, 6) is 0. The fourth-order valence-electron chi connectivity index (χ4n) is 0.721. The second kappa shape index (κ2) is 4.87. The van der Waals surface area contributed by atoms with Crippen LogP contribution in [0.15, 0.2) is 27.8 Å². The number of pyridine rings is 1. The van der Waals surface area contributed by atoms with Crippen molar-refractivity contribution in [3.8, 4) is 0 Å². The van der Waals surface area contributed by atoms with Crippen LogP contribution in [0.4, 0.5) is 0 Å². The minimum absolute atomic E-state index is 0.652. The maximum absolute atomic E-state index is 4.28. The molecular formula is C9H12BrNS. The van der Waals surface area contributed by atoms with Crippen molar-refractivity contribution in [1.82, 2.24) is 4.98 Å². The van der Waals surface area contributed by atoms with E-state index >= 15 is 0 Å². The van der Waals surface area contributed by atoms with Crippen molar-refractivity contribution in [2.45, 2.75) is 30.5 Å². The molecule has 3 heteroatoms. The lowest BCUT2D eigenvalue weighted by atomic mass is 10.4. The Morgan fingerprint density at radius 2 is 2.33 bits per heavy atom. The fourth-order valence-corrected chi connectivity index (χ4v) is 1.80. The number of hydrogen-bond acceptors (Lipinski definition) is 2. The van der Waals surface area contributed by atoms with E-state index in [0.717, 1.165) is 9.50 Å². The van der Waals surface area contributed by atoms with Crippen LogP contribution in [0.5, 0.6) is 0 Å². The molecule has 0 saturated heterocycles. The van der Waals surface area contributed by atoms with Crippen molar-refractivity contribution in [2.75, 3.05) is 0 Å². The van der Waals surface area contributed by atoms with Crippen molar-refractivity contribution >= 4 is 27.7 Å². The molecule has 0 spiro atoms. The zero-order chi connectivity index (χ0) is 8.97. The minimum Gasteiger partial charge on any atom is -0.249 e. The van der Waals surface area contributed by atoms with Gasteiger partial charge >= 0.3 is 0 Å². The van der Waals surface area contributed by atoms with E-state index in [1.807, 2.05) is 30.1 Å². The van der Waals surface area contributed by atoms with Crippen LogP contribution in [-0.4, -0.2) is 10.2 Å². The fraction of sp³-hybridized carbons (Fsp3) is 0.444. The van der Waals surface area contributed by atoms with Gasteiger partial charge in [0.05, 0.1) is 5.03 Å². The van der Waals surface area contributed by atoms with Gasteiger partial charge in [-0.3, -0.25) is 0 Å². The third-order valence-electron chi connectivity index (χ3n) is 1.60. The van der Waals surface area contributed by atoms with Crippen LogP contribution < -0.4 is 0 Å². The second-order valence-corrected chi connectivity index (χ2v) is 5.03. The highest BCUT2D eigenvalue weighted by Crippen LogP contribution is 2.23. The Morgan fingerprint density at radius 3 is 2.83 bits per heavy atom. The van der Waals surface area contributed by atoms with Gasteiger partial charge in [-0.25, -0.2) is 4.98 Å². The van der Waals surface area contributed by atoms with Gasteiger partial charge in [-0.15, -0.1) is 11.8 Å². The molecule has 1 heterocycles. The van der Waals surface area contributed by atoms with Crippen LogP contribution in [0.1, 0.15) is 20.3 Å². The molecule has 0 aromatic carbocycles. The number of thioether (sulfide) groups is 1. The first-order valence-corrected chi connectivity index (χ1v) is 5.68. The van der Waals surface area contributed by atoms with Gasteiger partial charge in [-0.1, -0.05) is 13.8 Å². The summed E-state index contributed by atoms with van der Waals surface area (Å²) in [6, 6.07) is 4.07. The zero-order valence-corrected chi connectivity index (χ0v) is 9.65. The molecule has 0 saturated carbocycles. The highest BCUT2D eigenvalue weighted by atomic mass is 79.9. The van der Waals surface area contributed by atoms with Crippen molar-refractivity contribution in [3.63, 3.8) is 0 Å². The van der Waals surface area contributed by atoms with Crippen molar-refractivity contribution in [3.05, 3.63) is 22.8 Å². The maximum atomic E-state index is 4.28. The molecule has 0 bridgehead atoms. The molecule has 1 unspecified atom stereocenters. The molecule has 0 aliphatic carbocycles. The Morgan fingerprint density at radius 1 is 1.58 bits per heavy atom. The van der Waals surface area contributed by atoms with E-state index in [-0.39, 0.29) is 0 Å². The highest BCUT2D eigenvalue weighted by molar-refractivity contribution is 9.10. The van der Waals surface area contributed by atoms with Gasteiger partial charge in [-0.05, 0) is 34.5 Å². The molecule has 12 heavy (non-hydrogen) atoms. The van der Waals surface area contributed by atoms with Crippen LogP contribution >= 0.6 is 27.7 Å². The normalized spacial score (nSPS) is 12.9. The van der Waals surface area contributed by atoms with E-state index in [2.05, 4.69) is 34.8 Å². The molecule has 0 radical (unpaired) electrons. The number of rotatable bonds is 3. The molecule has 0 fully saturated rings. The lowest BCUT2D eigenvalue weighted by Crippen LogP contribution is -1.92. The zero-order valence-electron chi connectivity index (χ0n) is 7.25. The summed E-state index contributed by atoms with van der Waals surface area (Å²) in [6.45, 7) is 4.41. The molecule has 66 valence electrons. The second-order valence-electron chi connectivity index (χ2n) is 2.65. The van der Waals surface area contributed by atoms with Crippen molar-refractivity contribution in [2.24, 2.45) is 0 Å². The lowest BCUT2D eigenvalue weighted by Gasteiger charge is -2.06. The molecule has 1 aromatic heterocycles. The Kier molecular flexibility index (Phi) is 4.09. The lowest BCUT2D eigenvalue weighted by molar-refractivity contribution is 0.901. The summed E-state index contributed by atoms with van der Waals surface area (Å²) in [7, 11) is 0. The van der Waals surface area contributed by atoms with E-state index in [1.54, 1.807) is 0 Å². The average molecular weight is 246 g/mol. The molecular weight excluding hydrogens is 234 g/mol. The van der Waals surface area contributed by atoms with E-state index < -0.39 is 0 Å². The predicted octanol–water partition coefficient (Wildman–Crippen LogP) is 3.73. The first-order chi connectivity index (χ1) is 5.72. The molecule has 1 aromatic rings. The van der Waals surface area contributed by atoms with Crippen molar-refractivity contribution < 1.29 is 0 Å². The van der Waals surface area contributed by atoms with Gasteiger partial charge in [0.25, 0.3) is 0 Å². The SMILES string of the molecule is CCC(C)Sc1ccc(Br)cn1. The number of hydrogen-bond donors (Lipinski definition) is 0. The predicted molar refractivity (Wildman–Crippen MR) is 57.5 cm³/mol. The molecule has 0 N–H and O–H groups in total. The maximum Gasteiger partial charge on any atom is 0.0963 e. The largest absolute Gasteiger partial charge is 0.249 e. The van der Waals surface area contributed by atoms with Crippen LogP contribution in [0.2, 0.25) is 0 Å². The topological polar surface area (TPSA) is 12.9 Å². The van der Waals surface area contributed by atoms with Gasteiger partial charge in [-0.2, -0.15) is 0 Å². The Bertz CT molecular complexity index is 235. The highest BCUT2D eigenvalue weighted by Gasteiger charge is 2.01.